The zero-order chi connectivity index (χ0) is 12.0. The van der Waals surface area contributed by atoms with Gasteiger partial charge in [-0.05, 0) is 32.0 Å². The third-order valence-electron chi connectivity index (χ3n) is 2.72. The molecule has 0 unspecified atom stereocenters. The third-order valence-corrected chi connectivity index (χ3v) is 2.72. The monoisotopic (exact) mass is 228 g/mol. The predicted molar refractivity (Wildman–Crippen MR) is 65.6 cm³/mol. The molecule has 4 nitrogen and oxygen atoms in total. The third kappa shape index (κ3) is 1.49. The number of aryl methyl sites for hydroxylation is 2. The molecule has 2 heterocycles. The zero-order valence-electron chi connectivity index (χ0n) is 9.65. The van der Waals surface area contributed by atoms with Crippen LogP contribution in [0.25, 0.3) is 22.6 Å². The number of oxazole rings is 1. The molecule has 2 N–H and O–H groups in total. The van der Waals surface area contributed by atoms with Gasteiger partial charge in [-0.1, -0.05) is 6.07 Å². The first-order valence-corrected chi connectivity index (χ1v) is 5.37. The smallest absolute Gasteiger partial charge is 0.230 e. The van der Waals surface area contributed by atoms with Crippen LogP contribution in [0.4, 0.5) is 5.69 Å². The largest absolute Gasteiger partial charge is 0.466 e. The van der Waals surface area contributed by atoms with Crippen molar-refractivity contribution < 1.29 is 8.83 Å². The van der Waals surface area contributed by atoms with Crippen LogP contribution in [0.2, 0.25) is 0 Å². The fourth-order valence-corrected chi connectivity index (χ4v) is 1.93. The summed E-state index contributed by atoms with van der Waals surface area (Å²) in [6.45, 7) is 3.79. The van der Waals surface area contributed by atoms with Crippen LogP contribution in [-0.4, -0.2) is 4.98 Å². The van der Waals surface area contributed by atoms with E-state index in [1.165, 1.54) is 0 Å². The number of hydrogen-bond donors (Lipinski definition) is 1. The Balaban J connectivity index is 2.25. The molecule has 0 aliphatic carbocycles. The Morgan fingerprint density at radius 3 is 2.65 bits per heavy atom. The first kappa shape index (κ1) is 9.96. The van der Waals surface area contributed by atoms with Crippen LogP contribution < -0.4 is 5.73 Å². The summed E-state index contributed by atoms with van der Waals surface area (Å²) in [5.74, 6) is 2.19. The summed E-state index contributed by atoms with van der Waals surface area (Å²) in [6.07, 6.45) is 0. The van der Waals surface area contributed by atoms with Gasteiger partial charge >= 0.3 is 0 Å². The van der Waals surface area contributed by atoms with Crippen LogP contribution >= 0.6 is 0 Å². The molecule has 4 heteroatoms. The van der Waals surface area contributed by atoms with Crippen molar-refractivity contribution in [3.8, 4) is 11.5 Å². The van der Waals surface area contributed by atoms with Crippen LogP contribution in [-0.2, 0) is 0 Å². The van der Waals surface area contributed by atoms with E-state index in [0.717, 1.165) is 17.1 Å². The molecule has 0 aliphatic heterocycles. The molecular weight excluding hydrogens is 216 g/mol. The number of fused-ring (bicyclic) bond motifs is 1. The Kier molecular flexibility index (Phi) is 1.98. The minimum Gasteiger partial charge on any atom is -0.466 e. The Bertz CT molecular complexity index is 695. The number of anilines is 1. The van der Waals surface area contributed by atoms with E-state index in [2.05, 4.69) is 4.98 Å². The molecule has 0 fully saturated rings. The first-order valence-electron chi connectivity index (χ1n) is 5.37. The molecule has 1 aromatic carbocycles. The number of para-hydroxylation sites is 1. The number of hydrogen-bond acceptors (Lipinski definition) is 4. The molecule has 3 aromatic rings. The van der Waals surface area contributed by atoms with E-state index in [4.69, 9.17) is 14.6 Å². The molecule has 0 radical (unpaired) electrons. The molecule has 0 spiro atoms. The summed E-state index contributed by atoms with van der Waals surface area (Å²) in [5, 5.41) is 0. The van der Waals surface area contributed by atoms with Crippen LogP contribution in [0.1, 0.15) is 11.5 Å². The number of furan rings is 1. The molecule has 0 amide bonds. The highest BCUT2D eigenvalue weighted by Gasteiger charge is 2.14. The number of nitrogens with zero attached hydrogens (tertiary/aromatic N) is 1. The van der Waals surface area contributed by atoms with Crippen molar-refractivity contribution in [2.75, 3.05) is 5.73 Å². The topological polar surface area (TPSA) is 65.2 Å². The highest BCUT2D eigenvalue weighted by Crippen LogP contribution is 2.30. The van der Waals surface area contributed by atoms with Gasteiger partial charge in [0.15, 0.2) is 5.58 Å². The van der Waals surface area contributed by atoms with E-state index >= 15 is 0 Å². The Labute approximate surface area is 98.0 Å². The second-order valence-electron chi connectivity index (χ2n) is 4.04. The van der Waals surface area contributed by atoms with E-state index in [1.54, 1.807) is 0 Å². The van der Waals surface area contributed by atoms with Crippen molar-refractivity contribution in [2.45, 2.75) is 13.8 Å². The maximum Gasteiger partial charge on any atom is 0.230 e. The summed E-state index contributed by atoms with van der Waals surface area (Å²) in [6, 6.07) is 7.42. The predicted octanol–water partition coefficient (Wildman–Crippen LogP) is 3.29. The van der Waals surface area contributed by atoms with Gasteiger partial charge < -0.3 is 14.6 Å². The number of nitrogen functional groups attached to an aromatic ring is 1. The van der Waals surface area contributed by atoms with Crippen molar-refractivity contribution >= 4 is 16.8 Å². The summed E-state index contributed by atoms with van der Waals surface area (Å²) in [4.78, 5) is 4.40. The molecule has 0 aliphatic rings. The van der Waals surface area contributed by atoms with Crippen molar-refractivity contribution in [1.82, 2.24) is 4.98 Å². The highest BCUT2D eigenvalue weighted by atomic mass is 16.4. The van der Waals surface area contributed by atoms with Crippen LogP contribution in [0.3, 0.4) is 0 Å². The lowest BCUT2D eigenvalue weighted by Gasteiger charge is -1.89. The van der Waals surface area contributed by atoms with Gasteiger partial charge in [-0.3, -0.25) is 0 Å². The van der Waals surface area contributed by atoms with Gasteiger partial charge in [0.25, 0.3) is 0 Å². The first-order chi connectivity index (χ1) is 8.15. The minimum absolute atomic E-state index is 0.548. The molecule has 3 rings (SSSR count). The lowest BCUT2D eigenvalue weighted by molar-refractivity contribution is 0.503. The Morgan fingerprint density at radius 2 is 2.00 bits per heavy atom. The van der Waals surface area contributed by atoms with Crippen LogP contribution in [0.15, 0.2) is 33.1 Å². The van der Waals surface area contributed by atoms with Gasteiger partial charge in [-0.2, -0.15) is 0 Å². The van der Waals surface area contributed by atoms with Crippen LogP contribution in [0, 0.1) is 13.8 Å². The Morgan fingerprint density at radius 1 is 1.18 bits per heavy atom. The van der Waals surface area contributed by atoms with Gasteiger partial charge in [0.1, 0.15) is 17.0 Å². The van der Waals surface area contributed by atoms with E-state index in [1.807, 2.05) is 38.1 Å². The highest BCUT2D eigenvalue weighted by molar-refractivity contribution is 5.87. The average Bonchev–Trinajstić information content (AvgIpc) is 2.82. The molecule has 0 atom stereocenters. The summed E-state index contributed by atoms with van der Waals surface area (Å²) < 4.78 is 11.1. The second kappa shape index (κ2) is 3.38. The molecule has 0 bridgehead atoms. The van der Waals surface area contributed by atoms with Crippen molar-refractivity contribution in [3.63, 3.8) is 0 Å². The lowest BCUT2D eigenvalue weighted by Crippen LogP contribution is -1.85. The fraction of sp³-hybridized carbons (Fsp3) is 0.154. The SMILES string of the molecule is Cc1cc(-c2nc3c(N)cccc3o2)c(C)o1. The van der Waals surface area contributed by atoms with Crippen molar-refractivity contribution in [2.24, 2.45) is 0 Å². The van der Waals surface area contributed by atoms with E-state index in [-0.39, 0.29) is 0 Å². The van der Waals surface area contributed by atoms with Crippen molar-refractivity contribution in [1.29, 1.82) is 0 Å². The fourth-order valence-electron chi connectivity index (χ4n) is 1.93. The maximum atomic E-state index is 5.84. The maximum absolute atomic E-state index is 5.84. The lowest BCUT2D eigenvalue weighted by atomic mass is 10.2. The van der Waals surface area contributed by atoms with E-state index < -0.39 is 0 Å². The van der Waals surface area contributed by atoms with E-state index in [0.29, 0.717) is 22.7 Å². The number of aromatic nitrogens is 1. The van der Waals surface area contributed by atoms with Gasteiger partial charge in [-0.25, -0.2) is 4.98 Å². The Hall–Kier alpha value is -2.23. The summed E-state index contributed by atoms with van der Waals surface area (Å²) in [7, 11) is 0. The van der Waals surface area contributed by atoms with Crippen LogP contribution in [0.5, 0.6) is 0 Å². The molecule has 17 heavy (non-hydrogen) atoms. The molecule has 2 aromatic heterocycles. The number of benzene rings is 1. The van der Waals surface area contributed by atoms with Crippen molar-refractivity contribution in [3.05, 3.63) is 35.8 Å². The molecule has 0 saturated carbocycles. The number of rotatable bonds is 1. The molecule has 0 saturated heterocycles. The average molecular weight is 228 g/mol. The van der Waals surface area contributed by atoms with Gasteiger partial charge in [0.2, 0.25) is 5.89 Å². The van der Waals surface area contributed by atoms with Gasteiger partial charge in [0.05, 0.1) is 11.3 Å². The quantitative estimate of drug-likeness (QED) is 0.649. The standard InChI is InChI=1S/C13H12N2O2/c1-7-6-9(8(2)16-7)13-15-12-10(14)4-3-5-11(12)17-13/h3-6H,14H2,1-2H3. The normalized spacial score (nSPS) is 11.2. The van der Waals surface area contributed by atoms with Gasteiger partial charge in [0, 0.05) is 0 Å². The number of nitrogens with two attached hydrogens (primary N) is 1. The van der Waals surface area contributed by atoms with Gasteiger partial charge in [-0.15, -0.1) is 0 Å². The molecular formula is C13H12N2O2. The summed E-state index contributed by atoms with van der Waals surface area (Å²) >= 11 is 0. The zero-order valence-corrected chi connectivity index (χ0v) is 9.65. The molecule has 86 valence electrons. The second-order valence-corrected chi connectivity index (χ2v) is 4.04. The summed E-state index contributed by atoms with van der Waals surface area (Å²) in [5.41, 5.74) is 8.73. The minimum atomic E-state index is 0.548. The van der Waals surface area contributed by atoms with E-state index in [9.17, 15) is 0 Å².